The van der Waals surface area contributed by atoms with Gasteiger partial charge < -0.3 is 24.7 Å². The normalized spacial score (nSPS) is 11.1. The molecule has 0 saturated carbocycles. The molecule has 0 bridgehead atoms. The average molecular weight is 574 g/mol. The summed E-state index contributed by atoms with van der Waals surface area (Å²) in [6.45, 7) is -0.0760. The van der Waals surface area contributed by atoms with Crippen molar-refractivity contribution in [1.29, 1.82) is 0 Å². The van der Waals surface area contributed by atoms with E-state index < -0.39 is 27.7 Å². The summed E-state index contributed by atoms with van der Waals surface area (Å²) in [4.78, 5) is 38.3. The van der Waals surface area contributed by atoms with E-state index in [-0.39, 0.29) is 60.1 Å². The van der Waals surface area contributed by atoms with E-state index in [1.54, 1.807) is 6.07 Å². The van der Waals surface area contributed by atoms with Crippen LogP contribution in [-0.4, -0.2) is 59.6 Å². The van der Waals surface area contributed by atoms with Crippen molar-refractivity contribution in [2.45, 2.75) is 13.0 Å². The maximum Gasteiger partial charge on any atom is 0.414 e. The Hall–Kier alpha value is -4.45. The average Bonchev–Trinajstić information content (AvgIpc) is 2.90. The molecule has 1 heterocycles. The first-order chi connectivity index (χ1) is 19.0. The lowest BCUT2D eigenvalue weighted by Crippen LogP contribution is -2.34. The molecular formula is C26H28FN5O7S. The molecule has 212 valence electrons. The molecule has 3 aromatic rings. The minimum absolute atomic E-state index is 0.00539. The number of amides is 2. The SMILES string of the molecule is C#CCNC(=O)CNCc1c(Cc2cccc(NS(=O)(=O)NC)c2F)c(=O)oc2cc(OC(=O)N(C)C)ccc12. The molecule has 14 heteroatoms. The third-order valence-electron chi connectivity index (χ3n) is 5.60. The monoisotopic (exact) mass is 573 g/mol. The number of hydrogen-bond donors (Lipinski definition) is 4. The van der Waals surface area contributed by atoms with E-state index in [0.29, 0.717) is 10.9 Å². The molecule has 0 fully saturated rings. The van der Waals surface area contributed by atoms with Gasteiger partial charge in [0.2, 0.25) is 5.91 Å². The number of ether oxygens (including phenoxy) is 1. The minimum atomic E-state index is -3.99. The largest absolute Gasteiger partial charge is 0.422 e. The number of rotatable bonds is 11. The quantitative estimate of drug-likeness (QED) is 0.197. The van der Waals surface area contributed by atoms with Crippen LogP contribution < -0.4 is 30.4 Å². The molecule has 0 spiro atoms. The summed E-state index contributed by atoms with van der Waals surface area (Å²) in [5.74, 6) is 1.17. The number of carbonyl (C=O) groups is 2. The summed E-state index contributed by atoms with van der Waals surface area (Å²) < 4.78 is 53.9. The van der Waals surface area contributed by atoms with E-state index in [0.717, 1.165) is 0 Å². The number of carbonyl (C=O) groups excluding carboxylic acids is 2. The number of hydrogen-bond acceptors (Lipinski definition) is 8. The lowest BCUT2D eigenvalue weighted by atomic mass is 9.97. The summed E-state index contributed by atoms with van der Waals surface area (Å²) in [6, 6.07) is 8.54. The van der Waals surface area contributed by atoms with Crippen LogP contribution in [0, 0.1) is 18.2 Å². The van der Waals surface area contributed by atoms with E-state index >= 15 is 4.39 Å². The number of halogens is 1. The minimum Gasteiger partial charge on any atom is -0.422 e. The fourth-order valence-corrected chi connectivity index (χ4v) is 4.16. The van der Waals surface area contributed by atoms with E-state index in [9.17, 15) is 22.8 Å². The number of benzene rings is 2. The fraction of sp³-hybridized carbons (Fsp3) is 0.269. The molecule has 4 N–H and O–H groups in total. The molecule has 2 amide bonds. The molecular weight excluding hydrogens is 545 g/mol. The van der Waals surface area contributed by atoms with Gasteiger partial charge in [0.15, 0.2) is 5.82 Å². The molecule has 40 heavy (non-hydrogen) atoms. The lowest BCUT2D eigenvalue weighted by Gasteiger charge is -2.15. The van der Waals surface area contributed by atoms with Crippen molar-refractivity contribution in [3.63, 3.8) is 0 Å². The Labute approximate surface area is 230 Å². The third kappa shape index (κ3) is 7.56. The highest BCUT2D eigenvalue weighted by molar-refractivity contribution is 7.90. The Balaban J connectivity index is 2.04. The summed E-state index contributed by atoms with van der Waals surface area (Å²) in [5.41, 5.74) is -0.501. The summed E-state index contributed by atoms with van der Waals surface area (Å²) in [6.07, 6.45) is 4.27. The number of anilines is 1. The Bertz CT molecular complexity index is 1630. The van der Waals surface area contributed by atoms with Crippen LogP contribution in [0.4, 0.5) is 14.9 Å². The second-order valence-corrected chi connectivity index (χ2v) is 10.2. The van der Waals surface area contributed by atoms with Crippen molar-refractivity contribution in [2.75, 3.05) is 39.0 Å². The maximum absolute atomic E-state index is 15.3. The van der Waals surface area contributed by atoms with Crippen molar-refractivity contribution in [3.05, 3.63) is 69.3 Å². The topological polar surface area (TPSA) is 159 Å². The third-order valence-corrected chi connectivity index (χ3v) is 6.62. The molecule has 3 rings (SSSR count). The molecule has 0 aliphatic carbocycles. The smallest absolute Gasteiger partial charge is 0.414 e. The van der Waals surface area contributed by atoms with Gasteiger partial charge >= 0.3 is 11.7 Å². The zero-order chi connectivity index (χ0) is 29.4. The van der Waals surface area contributed by atoms with Crippen LogP contribution in [-0.2, 0) is 28.0 Å². The van der Waals surface area contributed by atoms with Crippen molar-refractivity contribution in [3.8, 4) is 18.1 Å². The van der Waals surface area contributed by atoms with E-state index in [1.165, 1.54) is 56.4 Å². The molecule has 0 atom stereocenters. The summed E-state index contributed by atoms with van der Waals surface area (Å²) in [7, 11) is 0.198. The van der Waals surface area contributed by atoms with Crippen LogP contribution >= 0.6 is 0 Å². The zero-order valence-electron chi connectivity index (χ0n) is 22.0. The second kappa shape index (κ2) is 13.1. The van der Waals surface area contributed by atoms with Crippen molar-refractivity contribution in [2.24, 2.45) is 0 Å². The molecule has 2 aromatic carbocycles. The van der Waals surface area contributed by atoms with Gasteiger partial charge in [0.05, 0.1) is 18.8 Å². The summed E-state index contributed by atoms with van der Waals surface area (Å²) in [5, 5.41) is 5.90. The van der Waals surface area contributed by atoms with E-state index in [2.05, 4.69) is 21.3 Å². The van der Waals surface area contributed by atoms with Crippen LogP contribution in [0.3, 0.4) is 0 Å². The van der Waals surface area contributed by atoms with Crippen LogP contribution in [0.15, 0.2) is 45.6 Å². The van der Waals surface area contributed by atoms with Gasteiger partial charge in [-0.05, 0) is 29.3 Å². The Kier molecular flexibility index (Phi) is 9.83. The van der Waals surface area contributed by atoms with Gasteiger partial charge in [-0.15, -0.1) is 6.42 Å². The van der Waals surface area contributed by atoms with Crippen molar-refractivity contribution < 1.29 is 31.6 Å². The predicted octanol–water partition coefficient (Wildman–Crippen LogP) is 1.30. The van der Waals surface area contributed by atoms with Crippen LogP contribution in [0.5, 0.6) is 5.75 Å². The number of nitrogens with one attached hydrogen (secondary N) is 4. The predicted molar refractivity (Wildman–Crippen MR) is 147 cm³/mol. The van der Waals surface area contributed by atoms with Gasteiger partial charge in [-0.25, -0.2) is 18.7 Å². The molecule has 0 unspecified atom stereocenters. The summed E-state index contributed by atoms with van der Waals surface area (Å²) >= 11 is 0. The van der Waals surface area contributed by atoms with Gasteiger partial charge in [-0.2, -0.15) is 8.42 Å². The molecule has 0 aliphatic heterocycles. The van der Waals surface area contributed by atoms with E-state index in [1.807, 2.05) is 4.72 Å². The zero-order valence-corrected chi connectivity index (χ0v) is 22.8. The molecule has 1 aromatic heterocycles. The van der Waals surface area contributed by atoms with Gasteiger partial charge in [0.25, 0.3) is 10.2 Å². The highest BCUT2D eigenvalue weighted by Gasteiger charge is 2.20. The first-order valence-corrected chi connectivity index (χ1v) is 13.3. The number of terminal acetylenes is 1. The maximum atomic E-state index is 15.3. The van der Waals surface area contributed by atoms with Crippen LogP contribution in [0.25, 0.3) is 11.0 Å². The second-order valence-electron chi connectivity index (χ2n) is 8.62. The fourth-order valence-electron chi connectivity index (χ4n) is 3.61. The van der Waals surface area contributed by atoms with E-state index in [4.69, 9.17) is 15.6 Å². The standard InChI is InChI=1S/C26H28FN5O7S/c1-5-11-30-23(33)15-29-14-20-18-10-9-17(38-26(35)32(3)4)13-22(18)39-25(34)19(20)12-16-7-6-8-21(24(16)27)31-40(36,37)28-2/h1,6-10,13,28-29,31H,11-12,14-15H2,2-4H3,(H,30,33). The Morgan fingerprint density at radius 1 is 1.18 bits per heavy atom. The van der Waals surface area contributed by atoms with Crippen molar-refractivity contribution in [1.82, 2.24) is 20.3 Å². The lowest BCUT2D eigenvalue weighted by molar-refractivity contribution is -0.120. The molecule has 0 aliphatic rings. The molecule has 0 radical (unpaired) electrons. The van der Waals surface area contributed by atoms with Crippen molar-refractivity contribution >= 4 is 38.9 Å². The number of fused-ring (bicyclic) bond motifs is 1. The number of nitrogens with zero attached hydrogens (tertiary/aromatic N) is 1. The first kappa shape index (κ1) is 30.1. The highest BCUT2D eigenvalue weighted by Crippen LogP contribution is 2.28. The molecule has 12 nitrogen and oxygen atoms in total. The Morgan fingerprint density at radius 3 is 2.60 bits per heavy atom. The Morgan fingerprint density at radius 2 is 1.93 bits per heavy atom. The van der Waals surface area contributed by atoms with Gasteiger partial charge in [-0.1, -0.05) is 18.1 Å². The van der Waals surface area contributed by atoms with Crippen LogP contribution in [0.2, 0.25) is 0 Å². The van der Waals surface area contributed by atoms with Crippen LogP contribution in [0.1, 0.15) is 16.7 Å². The van der Waals surface area contributed by atoms with Gasteiger partial charge in [0, 0.05) is 51.1 Å². The molecule has 0 saturated heterocycles. The van der Waals surface area contributed by atoms with Gasteiger partial charge in [0.1, 0.15) is 11.3 Å². The highest BCUT2D eigenvalue weighted by atomic mass is 32.2. The first-order valence-electron chi connectivity index (χ1n) is 11.8. The van der Waals surface area contributed by atoms with Gasteiger partial charge in [-0.3, -0.25) is 9.52 Å².